The van der Waals surface area contributed by atoms with Crippen molar-refractivity contribution in [3.8, 4) is 5.75 Å². The van der Waals surface area contributed by atoms with Crippen LogP contribution >= 0.6 is 11.3 Å². The van der Waals surface area contributed by atoms with E-state index in [1.165, 1.54) is 54.7 Å². The van der Waals surface area contributed by atoms with Crippen LogP contribution in [0, 0.1) is 0 Å². The first kappa shape index (κ1) is 16.6. The van der Waals surface area contributed by atoms with Crippen LogP contribution in [0.4, 0.5) is 5.13 Å². The molecule has 2 aromatic carbocycles. The van der Waals surface area contributed by atoms with Crippen LogP contribution in [0.1, 0.15) is 27.6 Å². The standard InChI is InChI=1S/C17H12N2O5S/c1-9(20)24-12-5-2-10(3-6-12)15(21)19-17-18-13-7-4-11(16(22)23)8-14(13)25-17/h2-8H,1H3,(H,22,23)(H,18,19,21). The van der Waals surface area contributed by atoms with Crippen molar-refractivity contribution in [1.82, 2.24) is 4.98 Å². The van der Waals surface area contributed by atoms with E-state index in [9.17, 15) is 14.4 Å². The highest BCUT2D eigenvalue weighted by Gasteiger charge is 2.12. The Bertz CT molecular complexity index is 978. The van der Waals surface area contributed by atoms with Gasteiger partial charge in [0.2, 0.25) is 0 Å². The van der Waals surface area contributed by atoms with Crippen LogP contribution in [0.25, 0.3) is 10.2 Å². The van der Waals surface area contributed by atoms with Gasteiger partial charge >= 0.3 is 11.9 Å². The quantitative estimate of drug-likeness (QED) is 0.549. The highest BCUT2D eigenvalue weighted by molar-refractivity contribution is 7.22. The third-order valence-corrected chi connectivity index (χ3v) is 4.17. The monoisotopic (exact) mass is 356 g/mol. The molecule has 0 aliphatic heterocycles. The molecule has 8 heteroatoms. The second kappa shape index (κ2) is 6.70. The van der Waals surface area contributed by atoms with Crippen LogP contribution in [0.3, 0.4) is 0 Å². The number of nitrogens with zero attached hydrogens (tertiary/aromatic N) is 1. The van der Waals surface area contributed by atoms with Gasteiger partial charge in [0, 0.05) is 12.5 Å². The maximum absolute atomic E-state index is 12.3. The van der Waals surface area contributed by atoms with Gasteiger partial charge in [-0.1, -0.05) is 11.3 Å². The van der Waals surface area contributed by atoms with Gasteiger partial charge in [-0.25, -0.2) is 9.78 Å². The Kier molecular flexibility index (Phi) is 4.44. The molecule has 25 heavy (non-hydrogen) atoms. The molecule has 1 heterocycles. The number of carbonyl (C=O) groups is 3. The van der Waals surface area contributed by atoms with Crippen LogP contribution in [0.5, 0.6) is 5.75 Å². The van der Waals surface area contributed by atoms with Crippen LogP contribution in [0.15, 0.2) is 42.5 Å². The molecule has 126 valence electrons. The first-order chi connectivity index (χ1) is 11.9. The average Bonchev–Trinajstić information content (AvgIpc) is 2.96. The SMILES string of the molecule is CC(=O)Oc1ccc(C(=O)Nc2nc3ccc(C(=O)O)cc3s2)cc1. The Morgan fingerprint density at radius 3 is 2.40 bits per heavy atom. The molecule has 0 unspecified atom stereocenters. The van der Waals surface area contributed by atoms with Gasteiger partial charge in [0.15, 0.2) is 5.13 Å². The molecule has 3 aromatic rings. The first-order valence-corrected chi connectivity index (χ1v) is 7.98. The number of anilines is 1. The summed E-state index contributed by atoms with van der Waals surface area (Å²) in [4.78, 5) is 38.4. The van der Waals surface area contributed by atoms with Gasteiger partial charge in [-0.15, -0.1) is 0 Å². The molecule has 0 aliphatic carbocycles. The Labute approximate surface area is 145 Å². The van der Waals surface area contributed by atoms with E-state index >= 15 is 0 Å². The zero-order chi connectivity index (χ0) is 18.0. The normalized spacial score (nSPS) is 10.4. The van der Waals surface area contributed by atoms with E-state index in [0.717, 1.165) is 0 Å². The van der Waals surface area contributed by atoms with E-state index in [2.05, 4.69) is 10.3 Å². The van der Waals surface area contributed by atoms with E-state index in [-0.39, 0.29) is 11.5 Å². The molecule has 7 nitrogen and oxygen atoms in total. The van der Waals surface area contributed by atoms with Crippen LogP contribution < -0.4 is 10.1 Å². The fraction of sp³-hybridized carbons (Fsp3) is 0.0588. The van der Waals surface area contributed by atoms with Gasteiger partial charge in [-0.05, 0) is 42.5 Å². The van der Waals surface area contributed by atoms with Gasteiger partial charge in [0.25, 0.3) is 5.91 Å². The Morgan fingerprint density at radius 2 is 1.76 bits per heavy atom. The van der Waals surface area contributed by atoms with Crippen LogP contribution in [-0.2, 0) is 4.79 Å². The number of hydrogen-bond donors (Lipinski definition) is 2. The summed E-state index contributed by atoms with van der Waals surface area (Å²) in [5.74, 6) is -1.47. The van der Waals surface area contributed by atoms with Crippen molar-refractivity contribution >= 4 is 44.5 Å². The number of nitrogens with one attached hydrogen (secondary N) is 1. The molecule has 0 bridgehead atoms. The zero-order valence-electron chi connectivity index (χ0n) is 13.0. The summed E-state index contributed by atoms with van der Waals surface area (Å²) < 4.78 is 5.58. The highest BCUT2D eigenvalue weighted by atomic mass is 32.1. The Morgan fingerprint density at radius 1 is 1.08 bits per heavy atom. The number of amides is 1. The predicted octanol–water partition coefficient (Wildman–Crippen LogP) is 3.17. The second-order valence-corrected chi connectivity index (χ2v) is 6.11. The van der Waals surface area contributed by atoms with E-state index in [1.807, 2.05) is 0 Å². The van der Waals surface area contributed by atoms with E-state index in [1.54, 1.807) is 6.07 Å². The number of thiazole rings is 1. The van der Waals surface area contributed by atoms with Crippen LogP contribution in [0.2, 0.25) is 0 Å². The molecule has 3 rings (SSSR count). The lowest BCUT2D eigenvalue weighted by atomic mass is 10.2. The Hall–Kier alpha value is -3.26. The lowest BCUT2D eigenvalue weighted by molar-refractivity contribution is -0.131. The van der Waals surface area contributed by atoms with Gasteiger partial charge < -0.3 is 9.84 Å². The van der Waals surface area contributed by atoms with Crippen molar-refractivity contribution in [2.24, 2.45) is 0 Å². The summed E-state index contributed by atoms with van der Waals surface area (Å²) in [7, 11) is 0. The molecule has 0 spiro atoms. The molecule has 0 atom stereocenters. The minimum atomic E-state index is -1.02. The minimum absolute atomic E-state index is 0.162. The molecule has 0 saturated carbocycles. The number of carboxylic acids is 1. The fourth-order valence-electron chi connectivity index (χ4n) is 2.12. The smallest absolute Gasteiger partial charge is 0.335 e. The largest absolute Gasteiger partial charge is 0.478 e. The molecular weight excluding hydrogens is 344 g/mol. The summed E-state index contributed by atoms with van der Waals surface area (Å²) in [6.45, 7) is 1.30. The molecule has 2 N–H and O–H groups in total. The topological polar surface area (TPSA) is 106 Å². The van der Waals surface area contributed by atoms with Crippen molar-refractivity contribution in [2.75, 3.05) is 5.32 Å². The third kappa shape index (κ3) is 3.81. The molecule has 1 aromatic heterocycles. The number of aromatic nitrogens is 1. The van der Waals surface area contributed by atoms with Crippen molar-refractivity contribution < 1.29 is 24.2 Å². The lowest BCUT2D eigenvalue weighted by Gasteiger charge is -2.03. The first-order valence-electron chi connectivity index (χ1n) is 7.16. The number of carboxylic acid groups (broad SMARTS) is 1. The van der Waals surface area contributed by atoms with E-state index in [4.69, 9.17) is 9.84 Å². The van der Waals surface area contributed by atoms with Crippen LogP contribution in [-0.4, -0.2) is 27.9 Å². The molecule has 0 aliphatic rings. The molecular formula is C17H12N2O5S. The number of rotatable bonds is 4. The maximum Gasteiger partial charge on any atom is 0.335 e. The number of hydrogen-bond acceptors (Lipinski definition) is 6. The van der Waals surface area contributed by atoms with Crippen molar-refractivity contribution in [3.63, 3.8) is 0 Å². The van der Waals surface area contributed by atoms with E-state index < -0.39 is 11.9 Å². The number of benzene rings is 2. The van der Waals surface area contributed by atoms with Crippen molar-refractivity contribution in [1.29, 1.82) is 0 Å². The average molecular weight is 356 g/mol. The summed E-state index contributed by atoms with van der Waals surface area (Å²) in [6, 6.07) is 10.7. The zero-order valence-corrected chi connectivity index (χ0v) is 13.8. The summed E-state index contributed by atoms with van der Waals surface area (Å²) in [5, 5.41) is 12.0. The molecule has 0 saturated heterocycles. The number of carbonyl (C=O) groups excluding carboxylic acids is 2. The maximum atomic E-state index is 12.3. The number of esters is 1. The van der Waals surface area contributed by atoms with E-state index in [0.29, 0.717) is 26.7 Å². The summed E-state index contributed by atoms with van der Waals surface area (Å²) in [5.41, 5.74) is 1.15. The van der Waals surface area contributed by atoms with Gasteiger partial charge in [0.05, 0.1) is 15.8 Å². The molecule has 0 fully saturated rings. The highest BCUT2D eigenvalue weighted by Crippen LogP contribution is 2.27. The van der Waals surface area contributed by atoms with Crippen molar-refractivity contribution in [3.05, 3.63) is 53.6 Å². The Balaban J connectivity index is 1.77. The van der Waals surface area contributed by atoms with Crippen molar-refractivity contribution in [2.45, 2.75) is 6.92 Å². The van der Waals surface area contributed by atoms with Gasteiger partial charge in [-0.3, -0.25) is 14.9 Å². The third-order valence-electron chi connectivity index (χ3n) is 3.23. The van der Waals surface area contributed by atoms with Gasteiger partial charge in [-0.2, -0.15) is 0 Å². The molecule has 1 amide bonds. The summed E-state index contributed by atoms with van der Waals surface area (Å²) in [6.07, 6.45) is 0. The molecule has 0 radical (unpaired) electrons. The lowest BCUT2D eigenvalue weighted by Crippen LogP contribution is -2.11. The van der Waals surface area contributed by atoms with Gasteiger partial charge in [0.1, 0.15) is 5.75 Å². The second-order valence-electron chi connectivity index (χ2n) is 5.08. The summed E-state index contributed by atoms with van der Waals surface area (Å²) >= 11 is 1.19. The number of fused-ring (bicyclic) bond motifs is 1. The number of ether oxygens (including phenoxy) is 1. The minimum Gasteiger partial charge on any atom is -0.478 e. The fourth-order valence-corrected chi connectivity index (χ4v) is 3.02. The predicted molar refractivity (Wildman–Crippen MR) is 92.3 cm³/mol. The number of aromatic carboxylic acids is 1.